The van der Waals surface area contributed by atoms with Crippen molar-refractivity contribution in [1.29, 1.82) is 0 Å². The number of carbonyl (C=O) groups is 3. The molecule has 5 atom stereocenters. The van der Waals surface area contributed by atoms with Crippen LogP contribution in [-0.2, 0) is 24.4 Å². The summed E-state index contributed by atoms with van der Waals surface area (Å²) in [5, 5.41) is 2.39. The molecule has 0 bridgehead atoms. The van der Waals surface area contributed by atoms with Crippen LogP contribution < -0.4 is 14.2 Å². The quantitative estimate of drug-likeness (QED) is 0.267. The van der Waals surface area contributed by atoms with Crippen LogP contribution in [0.3, 0.4) is 0 Å². The molecule has 3 aliphatic carbocycles. The lowest BCUT2D eigenvalue weighted by atomic mass is 9.84. The van der Waals surface area contributed by atoms with Crippen molar-refractivity contribution in [2.24, 2.45) is 23.2 Å². The topological polar surface area (TPSA) is 145 Å². The van der Waals surface area contributed by atoms with Gasteiger partial charge in [0, 0.05) is 42.8 Å². The summed E-state index contributed by atoms with van der Waals surface area (Å²) in [6.45, 7) is 4.61. The van der Waals surface area contributed by atoms with Crippen molar-refractivity contribution < 1.29 is 36.7 Å². The second kappa shape index (κ2) is 14.1. The van der Waals surface area contributed by atoms with Crippen LogP contribution in [0.5, 0.6) is 11.5 Å². The fourth-order valence-electron chi connectivity index (χ4n) is 7.67. The molecule has 0 radical (unpaired) electrons. The van der Waals surface area contributed by atoms with Crippen LogP contribution in [-0.4, -0.2) is 72.9 Å². The Labute approximate surface area is 307 Å². The first-order valence-corrected chi connectivity index (χ1v) is 20.5. The van der Waals surface area contributed by atoms with Gasteiger partial charge in [-0.1, -0.05) is 26.0 Å². The smallest absolute Gasteiger partial charge is 0.240 e. The Balaban J connectivity index is 1.21. The number of benzene rings is 1. The Hall–Kier alpha value is -3.91. The van der Waals surface area contributed by atoms with Crippen LogP contribution in [0.4, 0.5) is 4.39 Å². The van der Waals surface area contributed by atoms with Gasteiger partial charge < -0.3 is 14.4 Å². The number of nitrogens with zero attached hydrogens (tertiary/aromatic N) is 3. The number of rotatable bonds is 8. The molecule has 4 aliphatic rings. The van der Waals surface area contributed by atoms with E-state index in [-0.39, 0.29) is 54.1 Å². The first-order chi connectivity index (χ1) is 24.8. The maximum atomic E-state index is 15.7. The minimum Gasteiger partial charge on any atom is -0.494 e. The van der Waals surface area contributed by atoms with Gasteiger partial charge in [0.1, 0.15) is 33.9 Å². The molecule has 1 N–H and O–H groups in total. The highest BCUT2D eigenvalue weighted by molar-refractivity contribution is 7.90. The van der Waals surface area contributed by atoms with Gasteiger partial charge in [0.2, 0.25) is 21.8 Å². The molecule has 278 valence electrons. The molecule has 1 aromatic carbocycles. The zero-order valence-corrected chi connectivity index (χ0v) is 31.5. The number of hydrogen-bond donors (Lipinski definition) is 1. The number of allylic oxidation sites excluding steroid dienone is 2. The lowest BCUT2D eigenvalue weighted by Gasteiger charge is -2.26. The molecule has 52 heavy (non-hydrogen) atoms. The highest BCUT2D eigenvalue weighted by atomic mass is 32.2. The van der Waals surface area contributed by atoms with E-state index in [1.165, 1.54) is 24.5 Å². The SMILES string of the molecule is COc1ccc2c(O[C@@H]3C[C@H]4C(=O)C[C@]5(C(=O)NS(=O)(=O)C6CC6)C[C@H]5/C=C\CCCCN(C)C(=O)[C@@H]4C3)cc(-c3nc(C(C)C)cs3)nc2c1F. The Morgan fingerprint density at radius 3 is 2.60 bits per heavy atom. The molecular weight excluding hydrogens is 708 g/mol. The Morgan fingerprint density at radius 2 is 1.88 bits per heavy atom. The summed E-state index contributed by atoms with van der Waals surface area (Å²) in [6.07, 6.45) is 7.36. The first-order valence-electron chi connectivity index (χ1n) is 18.1. The summed E-state index contributed by atoms with van der Waals surface area (Å²) in [5.74, 6) is -2.87. The molecule has 3 heterocycles. The van der Waals surface area contributed by atoms with Gasteiger partial charge in [0.15, 0.2) is 11.6 Å². The van der Waals surface area contributed by atoms with Crippen LogP contribution in [0.25, 0.3) is 21.6 Å². The minimum atomic E-state index is -3.81. The van der Waals surface area contributed by atoms with E-state index in [1.807, 2.05) is 31.4 Å². The second-order valence-electron chi connectivity index (χ2n) is 15.1. The summed E-state index contributed by atoms with van der Waals surface area (Å²) < 4.78 is 55.5. The molecule has 11 nitrogen and oxygen atoms in total. The minimum absolute atomic E-state index is 0.0328. The highest BCUT2D eigenvalue weighted by Gasteiger charge is 2.61. The number of amides is 2. The van der Waals surface area contributed by atoms with E-state index in [1.54, 1.807) is 24.1 Å². The number of fused-ring (bicyclic) bond motifs is 3. The van der Waals surface area contributed by atoms with Crippen molar-refractivity contribution >= 4 is 49.9 Å². The lowest BCUT2D eigenvalue weighted by molar-refractivity contribution is -0.140. The van der Waals surface area contributed by atoms with Crippen molar-refractivity contribution in [1.82, 2.24) is 19.6 Å². The zero-order chi connectivity index (χ0) is 36.9. The van der Waals surface area contributed by atoms with E-state index in [2.05, 4.69) is 9.71 Å². The summed E-state index contributed by atoms with van der Waals surface area (Å²) in [5.41, 5.74) is 0.182. The van der Waals surface area contributed by atoms with Gasteiger partial charge in [-0.25, -0.2) is 22.8 Å². The molecule has 3 aromatic rings. The molecule has 0 saturated heterocycles. The van der Waals surface area contributed by atoms with Crippen LogP contribution in [0.15, 0.2) is 35.7 Å². The molecule has 0 spiro atoms. The summed E-state index contributed by atoms with van der Waals surface area (Å²) >= 11 is 1.40. The molecule has 1 aliphatic heterocycles. The monoisotopic (exact) mass is 752 g/mol. The number of aromatic nitrogens is 2. The number of nitrogens with one attached hydrogen (secondary N) is 1. The number of carbonyl (C=O) groups excluding carboxylic acids is 3. The van der Waals surface area contributed by atoms with Gasteiger partial charge in [-0.2, -0.15) is 0 Å². The average Bonchev–Trinajstić information content (AvgIpc) is 3.98. The second-order valence-corrected chi connectivity index (χ2v) is 17.9. The fraction of sp³-hybridized carbons (Fsp3) is 0.553. The van der Waals surface area contributed by atoms with Crippen LogP contribution in [0.2, 0.25) is 0 Å². The number of sulfonamides is 1. The first kappa shape index (κ1) is 36.4. The van der Waals surface area contributed by atoms with Gasteiger partial charge in [0.05, 0.1) is 29.4 Å². The standard InChI is InChI=1S/C38H45FN4O7S2/c1-21(2)29-20-51-35(41-29)28-17-32(25-12-13-31(49-4)33(39)34(25)40-28)50-23-15-26-27(16-23)36(45)43(3)14-8-6-5-7-9-22-18-38(22,19-30(26)44)37(46)42-52(47,48)24-10-11-24/h7,9,12-13,17,20-24,26-27H,5-6,8,10-11,14-16,18-19H2,1-4H3,(H,42,46)/b9-7-/t22-,23-,26-,27-,38-/m1/s1. The number of halogens is 1. The van der Waals surface area contributed by atoms with Crippen molar-refractivity contribution in [3.63, 3.8) is 0 Å². The summed E-state index contributed by atoms with van der Waals surface area (Å²) in [7, 11) is -0.687. The lowest BCUT2D eigenvalue weighted by Crippen LogP contribution is -2.42. The third-order valence-electron chi connectivity index (χ3n) is 11.1. The molecule has 14 heteroatoms. The van der Waals surface area contributed by atoms with Gasteiger partial charge in [-0.15, -0.1) is 11.3 Å². The van der Waals surface area contributed by atoms with E-state index >= 15 is 4.39 Å². The molecule has 2 aromatic heterocycles. The zero-order valence-electron chi connectivity index (χ0n) is 29.9. The number of thiazole rings is 1. The van der Waals surface area contributed by atoms with Gasteiger partial charge in [-0.05, 0) is 75.3 Å². The van der Waals surface area contributed by atoms with Crippen LogP contribution in [0, 0.1) is 29.0 Å². The molecule has 3 saturated carbocycles. The van der Waals surface area contributed by atoms with E-state index in [0.29, 0.717) is 47.6 Å². The van der Waals surface area contributed by atoms with Gasteiger partial charge in [-0.3, -0.25) is 19.1 Å². The number of Topliss-reactive ketones (excluding diaryl/α,β-unsaturated/α-hetero) is 1. The normalized spacial score (nSPS) is 27.5. The van der Waals surface area contributed by atoms with Crippen LogP contribution >= 0.6 is 11.3 Å². The van der Waals surface area contributed by atoms with Crippen molar-refractivity contribution in [2.75, 3.05) is 20.7 Å². The Morgan fingerprint density at radius 1 is 1.12 bits per heavy atom. The third kappa shape index (κ3) is 7.07. The largest absolute Gasteiger partial charge is 0.494 e. The van der Waals surface area contributed by atoms with Crippen molar-refractivity contribution in [3.05, 3.63) is 47.2 Å². The molecular formula is C38H45FN4O7S2. The maximum absolute atomic E-state index is 15.7. The van der Waals surface area contributed by atoms with E-state index in [0.717, 1.165) is 25.0 Å². The van der Waals surface area contributed by atoms with Crippen molar-refractivity contribution in [2.45, 2.75) is 88.9 Å². The highest BCUT2D eigenvalue weighted by Crippen LogP contribution is 2.58. The number of ether oxygens (including phenoxy) is 2. The predicted molar refractivity (Wildman–Crippen MR) is 195 cm³/mol. The third-order valence-corrected chi connectivity index (χ3v) is 13.8. The van der Waals surface area contributed by atoms with E-state index < -0.39 is 50.4 Å². The van der Waals surface area contributed by atoms with Crippen LogP contribution in [0.1, 0.15) is 83.2 Å². The number of methoxy groups -OCH3 is 1. The number of pyridine rings is 1. The average molecular weight is 753 g/mol. The molecule has 0 unspecified atom stereocenters. The Bertz CT molecular complexity index is 2050. The maximum Gasteiger partial charge on any atom is 0.240 e. The molecule has 2 amide bonds. The molecule has 3 fully saturated rings. The fourth-order valence-corrected chi connectivity index (χ4v) is 9.99. The van der Waals surface area contributed by atoms with E-state index in [9.17, 15) is 22.8 Å². The van der Waals surface area contributed by atoms with Crippen molar-refractivity contribution in [3.8, 4) is 22.2 Å². The Kier molecular flexibility index (Phi) is 9.92. The van der Waals surface area contributed by atoms with Gasteiger partial charge in [0.25, 0.3) is 0 Å². The number of hydrogen-bond acceptors (Lipinski definition) is 10. The molecule has 7 rings (SSSR count). The predicted octanol–water partition coefficient (Wildman–Crippen LogP) is 6.18. The summed E-state index contributed by atoms with van der Waals surface area (Å²) in [4.78, 5) is 53.0. The summed E-state index contributed by atoms with van der Waals surface area (Å²) in [6, 6.07) is 4.92. The van der Waals surface area contributed by atoms with Gasteiger partial charge >= 0.3 is 0 Å². The number of ketones is 1. The van der Waals surface area contributed by atoms with E-state index in [4.69, 9.17) is 14.5 Å².